The molecule has 0 aromatic rings. The Morgan fingerprint density at radius 1 is 1.80 bits per heavy atom. The largest absolute Gasteiger partial charge is 0.303 e. The zero-order valence-electron chi connectivity index (χ0n) is 2.68. The highest BCUT2D eigenvalue weighted by atomic mass is 32.1. The molecule has 0 aliphatic heterocycles. The summed E-state index contributed by atoms with van der Waals surface area (Å²) in [7, 11) is 0. The van der Waals surface area contributed by atoms with Crippen LogP contribution in [0.1, 0.15) is 6.42 Å². The molecule has 0 fully saturated rings. The molecule has 0 aliphatic carbocycles. The summed E-state index contributed by atoms with van der Waals surface area (Å²) < 4.78 is 0. The van der Waals surface area contributed by atoms with Crippen molar-refractivity contribution < 1.29 is 4.79 Å². The van der Waals surface area contributed by atoms with E-state index in [1.807, 2.05) is 0 Å². The molecule has 0 saturated heterocycles. The minimum Gasteiger partial charge on any atom is -0.303 e. The first kappa shape index (κ1) is 4.76. The lowest BCUT2D eigenvalue weighted by molar-refractivity contribution is -0.106. The van der Waals surface area contributed by atoms with Crippen LogP contribution in [0.25, 0.3) is 0 Å². The molecule has 0 radical (unpaired) electrons. The lowest BCUT2D eigenvalue weighted by Gasteiger charge is -1.57. The number of carbonyl (C=O) groups excluding carboxylic acids is 1. The first-order valence-corrected chi connectivity index (χ1v) is 1.76. The van der Waals surface area contributed by atoms with Crippen molar-refractivity contribution in [1.29, 1.82) is 0 Å². The second kappa shape index (κ2) is 3.76. The molecule has 2 heteroatoms. The third kappa shape index (κ3) is 3.76. The number of hydrogen-bond donors (Lipinski definition) is 0. The molecule has 5 heavy (non-hydrogen) atoms. The van der Waals surface area contributed by atoms with Crippen molar-refractivity contribution in [2.24, 2.45) is 0 Å². The summed E-state index contributed by atoms with van der Waals surface area (Å²) in [5, 5.41) is 1.40. The second-order valence-corrected chi connectivity index (χ2v) is 0.902. The average molecular weight is 88.1 g/mol. The molecule has 28 valence electrons. The highest BCUT2D eigenvalue weighted by molar-refractivity contribution is 7.79. The Kier molecular flexibility index (Phi) is 3.58. The van der Waals surface area contributed by atoms with Gasteiger partial charge < -0.3 is 4.79 Å². The third-order valence-electron chi connectivity index (χ3n) is 0.192. The van der Waals surface area contributed by atoms with Crippen molar-refractivity contribution in [2.45, 2.75) is 6.42 Å². The van der Waals surface area contributed by atoms with E-state index < -0.39 is 0 Å². The van der Waals surface area contributed by atoms with E-state index in [4.69, 9.17) is 0 Å². The molecule has 0 bridgehead atoms. The number of hydrogen-bond acceptors (Lipinski definition) is 2. The molecule has 0 spiro atoms. The molecule has 0 aliphatic rings. The van der Waals surface area contributed by atoms with Gasteiger partial charge in [0.2, 0.25) is 0 Å². The first-order valence-electron chi connectivity index (χ1n) is 1.29. The van der Waals surface area contributed by atoms with E-state index in [-0.39, 0.29) is 0 Å². The molecule has 0 saturated carbocycles. The Morgan fingerprint density at radius 3 is 2.40 bits per heavy atom. The van der Waals surface area contributed by atoms with E-state index in [2.05, 4.69) is 12.2 Å². The monoisotopic (exact) mass is 88.0 g/mol. The Bertz CT molecular complexity index is 36.2. The maximum Gasteiger partial charge on any atom is 0.124 e. The fourth-order valence-electron chi connectivity index (χ4n) is 0.0393. The summed E-state index contributed by atoms with van der Waals surface area (Å²) in [5.74, 6) is 0. The molecule has 0 heterocycles. The maximum atomic E-state index is 9.31. The molecule has 0 N–H and O–H groups in total. The fraction of sp³-hybridized carbons (Fsp3) is 0.333. The van der Waals surface area contributed by atoms with Crippen molar-refractivity contribution in [2.75, 3.05) is 0 Å². The van der Waals surface area contributed by atoms with Crippen LogP contribution in [0, 0.1) is 0 Å². The Labute approximate surface area is 36.0 Å². The highest BCUT2D eigenvalue weighted by Crippen LogP contribution is 1.56. The Balaban J connectivity index is 2.65. The van der Waals surface area contributed by atoms with Crippen LogP contribution in [0.4, 0.5) is 0 Å². The minimum atomic E-state index is 0.398. The summed E-state index contributed by atoms with van der Waals surface area (Å²) in [6, 6.07) is 0. The summed E-state index contributed by atoms with van der Waals surface area (Å²) in [4.78, 5) is 9.31. The van der Waals surface area contributed by atoms with Gasteiger partial charge >= 0.3 is 0 Å². The van der Waals surface area contributed by atoms with Crippen LogP contribution in [0.5, 0.6) is 0 Å². The zero-order valence-corrected chi connectivity index (χ0v) is 3.49. The molecule has 0 unspecified atom stereocenters. The standard InChI is InChI=1S/C3H4OS/c4-2-1-3-5/h2-3H,1H2. The van der Waals surface area contributed by atoms with Gasteiger partial charge in [-0.05, 0) is 5.37 Å². The van der Waals surface area contributed by atoms with E-state index in [9.17, 15) is 4.79 Å². The summed E-state index contributed by atoms with van der Waals surface area (Å²) in [5.41, 5.74) is 0. The Hall–Kier alpha value is -0.240. The average Bonchev–Trinajstić information content (AvgIpc) is 1.41. The zero-order chi connectivity index (χ0) is 4.12. The van der Waals surface area contributed by atoms with Gasteiger partial charge in [0.1, 0.15) is 6.29 Å². The predicted molar refractivity (Wildman–Crippen MR) is 24.3 cm³/mol. The lowest BCUT2D eigenvalue weighted by atomic mass is 10.6. The van der Waals surface area contributed by atoms with Gasteiger partial charge in [-0.15, -0.1) is 0 Å². The van der Waals surface area contributed by atoms with Crippen LogP contribution in [-0.4, -0.2) is 11.7 Å². The van der Waals surface area contributed by atoms with Crippen LogP contribution >= 0.6 is 12.2 Å². The van der Waals surface area contributed by atoms with Gasteiger partial charge in [-0.3, -0.25) is 0 Å². The summed E-state index contributed by atoms with van der Waals surface area (Å²) >= 11 is 4.29. The second-order valence-electron chi connectivity index (χ2n) is 0.569. The number of aldehydes is 1. The van der Waals surface area contributed by atoms with Crippen molar-refractivity contribution in [1.82, 2.24) is 0 Å². The highest BCUT2D eigenvalue weighted by Gasteiger charge is 1.61. The van der Waals surface area contributed by atoms with E-state index in [1.165, 1.54) is 5.37 Å². The van der Waals surface area contributed by atoms with Crippen molar-refractivity contribution in [3.63, 3.8) is 0 Å². The van der Waals surface area contributed by atoms with Crippen LogP contribution in [0.3, 0.4) is 0 Å². The van der Waals surface area contributed by atoms with Gasteiger partial charge in [0.25, 0.3) is 0 Å². The van der Waals surface area contributed by atoms with Crippen LogP contribution in [-0.2, 0) is 4.79 Å². The van der Waals surface area contributed by atoms with E-state index in [0.717, 1.165) is 6.29 Å². The van der Waals surface area contributed by atoms with Crippen molar-refractivity contribution in [3.05, 3.63) is 0 Å². The van der Waals surface area contributed by atoms with Gasteiger partial charge in [0, 0.05) is 6.42 Å². The van der Waals surface area contributed by atoms with E-state index in [1.54, 1.807) is 0 Å². The summed E-state index contributed by atoms with van der Waals surface area (Å²) in [6.07, 6.45) is 1.17. The molecular weight excluding hydrogens is 84.1 g/mol. The molecule has 0 rings (SSSR count). The molecular formula is C3H4OS. The van der Waals surface area contributed by atoms with Gasteiger partial charge in [-0.25, -0.2) is 0 Å². The third-order valence-corrected chi connectivity index (χ3v) is 0.385. The number of rotatable bonds is 2. The first-order chi connectivity index (χ1) is 2.41. The topological polar surface area (TPSA) is 17.1 Å². The number of carbonyl (C=O) groups is 1. The minimum absolute atomic E-state index is 0.398. The quantitative estimate of drug-likeness (QED) is 0.362. The smallest absolute Gasteiger partial charge is 0.124 e. The normalized spacial score (nSPS) is 6.40. The van der Waals surface area contributed by atoms with Gasteiger partial charge in [0.15, 0.2) is 0 Å². The van der Waals surface area contributed by atoms with Crippen LogP contribution < -0.4 is 0 Å². The van der Waals surface area contributed by atoms with Crippen molar-refractivity contribution >= 4 is 23.9 Å². The Morgan fingerprint density at radius 2 is 2.40 bits per heavy atom. The van der Waals surface area contributed by atoms with E-state index in [0.29, 0.717) is 6.42 Å². The predicted octanol–water partition coefficient (Wildman–Crippen LogP) is 0.575. The van der Waals surface area contributed by atoms with Crippen LogP contribution in [0.2, 0.25) is 0 Å². The van der Waals surface area contributed by atoms with Gasteiger partial charge in [0.05, 0.1) is 0 Å². The van der Waals surface area contributed by atoms with Gasteiger partial charge in [-0.2, -0.15) is 0 Å². The van der Waals surface area contributed by atoms with E-state index >= 15 is 0 Å². The van der Waals surface area contributed by atoms with Gasteiger partial charge in [-0.1, -0.05) is 12.2 Å². The molecule has 0 amide bonds. The lowest BCUT2D eigenvalue weighted by Crippen LogP contribution is -1.66. The molecule has 1 nitrogen and oxygen atoms in total. The number of thiocarbonyl (C=S) groups is 1. The fourth-order valence-corrected chi connectivity index (χ4v) is 0.118. The summed E-state index contributed by atoms with van der Waals surface area (Å²) in [6.45, 7) is 0. The van der Waals surface area contributed by atoms with Crippen LogP contribution in [0.15, 0.2) is 0 Å². The van der Waals surface area contributed by atoms with Crippen molar-refractivity contribution in [3.8, 4) is 0 Å². The maximum absolute atomic E-state index is 9.31. The molecule has 0 atom stereocenters. The molecule has 0 aromatic heterocycles. The SMILES string of the molecule is O=CCC=S. The molecule has 0 aromatic carbocycles.